The summed E-state index contributed by atoms with van der Waals surface area (Å²) < 4.78 is 0. The molecule has 0 rings (SSSR count). The van der Waals surface area contributed by atoms with Gasteiger partial charge in [0, 0.05) is 6.54 Å². The highest BCUT2D eigenvalue weighted by molar-refractivity contribution is 5.84. The van der Waals surface area contributed by atoms with Gasteiger partial charge in [0.2, 0.25) is 0 Å². The van der Waals surface area contributed by atoms with Gasteiger partial charge in [-0.25, -0.2) is 4.79 Å². The van der Waals surface area contributed by atoms with Gasteiger partial charge in [0.25, 0.3) is 0 Å². The molecule has 0 radical (unpaired) electrons. The van der Waals surface area contributed by atoms with Crippen LogP contribution in [0.4, 0.5) is 0 Å². The second kappa shape index (κ2) is 6.70. The highest BCUT2D eigenvalue weighted by Gasteiger charge is 2.00. The van der Waals surface area contributed by atoms with Crippen molar-refractivity contribution in [2.75, 3.05) is 6.54 Å². The van der Waals surface area contributed by atoms with Crippen LogP contribution in [0.25, 0.3) is 0 Å². The lowest BCUT2D eigenvalue weighted by Gasteiger charge is -2.03. The van der Waals surface area contributed by atoms with Crippen LogP contribution in [0.1, 0.15) is 32.6 Å². The first kappa shape index (κ1) is 11.0. The largest absolute Gasteiger partial charge is 0.477 e. The summed E-state index contributed by atoms with van der Waals surface area (Å²) in [5.74, 6) is -0.967. The molecule has 0 saturated carbocycles. The second-order valence-corrected chi connectivity index (χ2v) is 2.77. The molecule has 0 aromatic carbocycles. The van der Waals surface area contributed by atoms with Crippen LogP contribution in [-0.2, 0) is 4.79 Å². The van der Waals surface area contributed by atoms with Crippen LogP contribution < -0.4 is 5.32 Å². The highest BCUT2D eigenvalue weighted by atomic mass is 16.4. The number of aliphatic carboxylic acids is 1. The fourth-order valence-electron chi connectivity index (χ4n) is 0.867. The normalized spacial score (nSPS) is 9.42. The van der Waals surface area contributed by atoms with Crippen molar-refractivity contribution < 1.29 is 9.90 Å². The molecule has 0 unspecified atom stereocenters. The first-order valence-corrected chi connectivity index (χ1v) is 4.34. The van der Waals surface area contributed by atoms with Gasteiger partial charge in [0.1, 0.15) is 5.70 Å². The third-order valence-electron chi connectivity index (χ3n) is 1.63. The molecule has 0 fully saturated rings. The summed E-state index contributed by atoms with van der Waals surface area (Å²) in [6, 6.07) is 0. The van der Waals surface area contributed by atoms with Gasteiger partial charge in [-0.3, -0.25) is 0 Å². The Labute approximate surface area is 73.5 Å². The summed E-state index contributed by atoms with van der Waals surface area (Å²) >= 11 is 0. The summed E-state index contributed by atoms with van der Waals surface area (Å²) in [5, 5.41) is 11.2. The summed E-state index contributed by atoms with van der Waals surface area (Å²) in [7, 11) is 0. The second-order valence-electron chi connectivity index (χ2n) is 2.77. The number of rotatable bonds is 7. The Balaban J connectivity index is 3.20. The average Bonchev–Trinajstić information content (AvgIpc) is 2.03. The van der Waals surface area contributed by atoms with Crippen molar-refractivity contribution in [2.45, 2.75) is 32.6 Å². The maximum atomic E-state index is 10.3. The molecule has 0 saturated heterocycles. The molecule has 0 aromatic rings. The zero-order valence-corrected chi connectivity index (χ0v) is 7.60. The lowest BCUT2D eigenvalue weighted by molar-refractivity contribution is -0.133. The minimum Gasteiger partial charge on any atom is -0.477 e. The molecule has 0 aromatic heterocycles. The molecular formula is C9H17NO2. The maximum absolute atomic E-state index is 10.3. The van der Waals surface area contributed by atoms with E-state index in [0.717, 1.165) is 12.8 Å². The molecule has 0 spiro atoms. The van der Waals surface area contributed by atoms with Gasteiger partial charge in [0.05, 0.1) is 0 Å². The third kappa shape index (κ3) is 5.77. The minimum absolute atomic E-state index is 0.0894. The van der Waals surface area contributed by atoms with Gasteiger partial charge >= 0.3 is 5.97 Å². The molecule has 0 heterocycles. The summed E-state index contributed by atoms with van der Waals surface area (Å²) in [6.07, 6.45) is 4.57. The molecule has 3 heteroatoms. The Morgan fingerprint density at radius 1 is 1.42 bits per heavy atom. The highest BCUT2D eigenvalue weighted by Crippen LogP contribution is 1.97. The topological polar surface area (TPSA) is 49.3 Å². The van der Waals surface area contributed by atoms with Crippen LogP contribution in [0.2, 0.25) is 0 Å². The quantitative estimate of drug-likeness (QED) is 0.453. The summed E-state index contributed by atoms with van der Waals surface area (Å²) in [5.41, 5.74) is 0.0894. The minimum atomic E-state index is -0.967. The molecule has 0 aliphatic rings. The lowest BCUT2D eigenvalue weighted by Crippen LogP contribution is -2.20. The van der Waals surface area contributed by atoms with Crippen molar-refractivity contribution in [2.24, 2.45) is 0 Å². The van der Waals surface area contributed by atoms with Gasteiger partial charge in [-0.2, -0.15) is 0 Å². The zero-order chi connectivity index (χ0) is 9.40. The van der Waals surface area contributed by atoms with Crippen LogP contribution in [0.5, 0.6) is 0 Å². The molecule has 12 heavy (non-hydrogen) atoms. The molecule has 0 aliphatic carbocycles. The van der Waals surface area contributed by atoms with Crippen molar-refractivity contribution in [1.29, 1.82) is 0 Å². The molecule has 0 atom stereocenters. The van der Waals surface area contributed by atoms with Gasteiger partial charge in [0.15, 0.2) is 0 Å². The monoisotopic (exact) mass is 171 g/mol. The maximum Gasteiger partial charge on any atom is 0.351 e. The van der Waals surface area contributed by atoms with E-state index in [1.54, 1.807) is 0 Å². The first-order valence-electron chi connectivity index (χ1n) is 4.34. The Hall–Kier alpha value is -0.990. The smallest absolute Gasteiger partial charge is 0.351 e. The van der Waals surface area contributed by atoms with Crippen molar-refractivity contribution in [1.82, 2.24) is 5.32 Å². The van der Waals surface area contributed by atoms with Gasteiger partial charge < -0.3 is 10.4 Å². The van der Waals surface area contributed by atoms with Crippen LogP contribution in [0, 0.1) is 0 Å². The summed E-state index contributed by atoms with van der Waals surface area (Å²) in [6.45, 7) is 6.22. The molecular weight excluding hydrogens is 154 g/mol. The number of nitrogens with one attached hydrogen (secondary N) is 1. The van der Waals surface area contributed by atoms with Gasteiger partial charge in [-0.15, -0.1) is 0 Å². The predicted molar refractivity (Wildman–Crippen MR) is 48.9 cm³/mol. The molecule has 0 amide bonds. The number of hydrogen-bond donors (Lipinski definition) is 2. The lowest BCUT2D eigenvalue weighted by atomic mass is 10.2. The number of unbranched alkanes of at least 4 members (excludes halogenated alkanes) is 3. The fraction of sp³-hybridized carbons (Fsp3) is 0.667. The fourth-order valence-corrected chi connectivity index (χ4v) is 0.867. The van der Waals surface area contributed by atoms with E-state index in [2.05, 4.69) is 18.8 Å². The predicted octanol–water partition coefficient (Wildman–Crippen LogP) is 1.75. The Bertz CT molecular complexity index is 155. The van der Waals surface area contributed by atoms with Crippen LogP contribution in [0.3, 0.4) is 0 Å². The first-order chi connectivity index (χ1) is 5.68. The van der Waals surface area contributed by atoms with Crippen molar-refractivity contribution in [3.8, 4) is 0 Å². The molecule has 0 bridgehead atoms. The number of hydrogen-bond acceptors (Lipinski definition) is 2. The number of carboxylic acid groups (broad SMARTS) is 1. The SMILES string of the molecule is C=C(NCCCCCC)C(=O)O. The molecule has 3 nitrogen and oxygen atoms in total. The Morgan fingerprint density at radius 2 is 2.08 bits per heavy atom. The van der Waals surface area contributed by atoms with Crippen LogP contribution >= 0.6 is 0 Å². The van der Waals surface area contributed by atoms with Crippen molar-refractivity contribution in [3.63, 3.8) is 0 Å². The van der Waals surface area contributed by atoms with E-state index in [9.17, 15) is 4.79 Å². The van der Waals surface area contributed by atoms with E-state index in [4.69, 9.17) is 5.11 Å². The molecule has 2 N–H and O–H groups in total. The molecule has 70 valence electrons. The van der Waals surface area contributed by atoms with Crippen molar-refractivity contribution >= 4 is 5.97 Å². The zero-order valence-electron chi connectivity index (χ0n) is 7.60. The number of carbonyl (C=O) groups is 1. The van der Waals surface area contributed by atoms with Gasteiger partial charge in [-0.1, -0.05) is 32.8 Å². The van der Waals surface area contributed by atoms with E-state index < -0.39 is 5.97 Å². The van der Waals surface area contributed by atoms with Crippen molar-refractivity contribution in [3.05, 3.63) is 12.3 Å². The van der Waals surface area contributed by atoms with Crippen LogP contribution in [0.15, 0.2) is 12.3 Å². The number of carboxylic acids is 1. The van der Waals surface area contributed by atoms with E-state index in [1.165, 1.54) is 12.8 Å². The Kier molecular flexibility index (Phi) is 6.15. The van der Waals surface area contributed by atoms with Crippen LogP contribution in [-0.4, -0.2) is 17.6 Å². The van der Waals surface area contributed by atoms with Gasteiger partial charge in [-0.05, 0) is 6.42 Å². The summed E-state index contributed by atoms with van der Waals surface area (Å²) in [4.78, 5) is 10.3. The Morgan fingerprint density at radius 3 is 2.58 bits per heavy atom. The molecule has 0 aliphatic heterocycles. The average molecular weight is 171 g/mol. The van der Waals surface area contributed by atoms with E-state index in [0.29, 0.717) is 6.54 Å². The standard InChI is InChI=1S/C9H17NO2/c1-3-4-5-6-7-10-8(2)9(11)12/h10H,2-7H2,1H3,(H,11,12). The van der Waals surface area contributed by atoms with E-state index in [1.807, 2.05) is 0 Å². The third-order valence-corrected chi connectivity index (χ3v) is 1.63. The van der Waals surface area contributed by atoms with E-state index in [-0.39, 0.29) is 5.70 Å². The van der Waals surface area contributed by atoms with E-state index >= 15 is 0 Å².